The highest BCUT2D eigenvalue weighted by Crippen LogP contribution is 2.35. The second-order valence-electron chi connectivity index (χ2n) is 6.35. The molecule has 4 heterocycles. The first-order valence-corrected chi connectivity index (χ1v) is 7.66. The van der Waals surface area contributed by atoms with E-state index in [2.05, 4.69) is 0 Å². The molecule has 2 aliphatic heterocycles. The highest BCUT2D eigenvalue weighted by Gasteiger charge is 2.36. The molecule has 4 rings (SSSR count). The number of hydrogen-bond donors (Lipinski definition) is 0. The number of nitrogens with zero attached hydrogens (tertiary/aromatic N) is 2. The summed E-state index contributed by atoms with van der Waals surface area (Å²) in [6.45, 7) is 3.92. The van der Waals surface area contributed by atoms with Gasteiger partial charge in [0.2, 0.25) is 0 Å². The van der Waals surface area contributed by atoms with Crippen LogP contribution >= 0.6 is 0 Å². The monoisotopic (exact) mass is 298 g/mol. The van der Waals surface area contributed by atoms with Crippen molar-refractivity contribution in [2.45, 2.75) is 25.8 Å². The van der Waals surface area contributed by atoms with Crippen LogP contribution in [0, 0.1) is 12.8 Å². The fourth-order valence-electron chi connectivity index (χ4n) is 3.80. The van der Waals surface area contributed by atoms with E-state index < -0.39 is 0 Å². The van der Waals surface area contributed by atoms with Gasteiger partial charge in [-0.15, -0.1) is 0 Å². The van der Waals surface area contributed by atoms with Gasteiger partial charge in [0.1, 0.15) is 12.0 Å². The molecular weight excluding hydrogens is 280 g/mol. The van der Waals surface area contributed by atoms with Crippen molar-refractivity contribution in [2.75, 3.05) is 13.1 Å². The fourth-order valence-corrected chi connectivity index (χ4v) is 3.80. The van der Waals surface area contributed by atoms with E-state index in [4.69, 9.17) is 4.42 Å². The molecule has 5 heteroatoms. The molecule has 2 bridgehead atoms. The van der Waals surface area contributed by atoms with Gasteiger partial charge in [0, 0.05) is 37.3 Å². The number of fused-ring (bicyclic) bond motifs is 4. The molecule has 2 aromatic rings. The summed E-state index contributed by atoms with van der Waals surface area (Å²) in [5.41, 5.74) is 1.74. The van der Waals surface area contributed by atoms with Crippen molar-refractivity contribution in [3.8, 4) is 0 Å². The van der Waals surface area contributed by atoms with Crippen LogP contribution in [0.4, 0.5) is 0 Å². The lowest BCUT2D eigenvalue weighted by molar-refractivity contribution is 0.0594. The number of likely N-dealkylation sites (tertiary alicyclic amines) is 1. The lowest BCUT2D eigenvalue weighted by Gasteiger charge is -2.42. The van der Waals surface area contributed by atoms with Gasteiger partial charge in [-0.05, 0) is 31.4 Å². The lowest BCUT2D eigenvalue weighted by Crippen LogP contribution is -2.49. The molecule has 0 saturated carbocycles. The van der Waals surface area contributed by atoms with Crippen LogP contribution in [0.5, 0.6) is 0 Å². The van der Waals surface area contributed by atoms with E-state index >= 15 is 0 Å². The molecule has 2 aromatic heterocycles. The van der Waals surface area contributed by atoms with Gasteiger partial charge in [0.15, 0.2) is 0 Å². The van der Waals surface area contributed by atoms with E-state index in [0.717, 1.165) is 17.9 Å². The van der Waals surface area contributed by atoms with Gasteiger partial charge in [-0.2, -0.15) is 0 Å². The third-order valence-corrected chi connectivity index (χ3v) is 4.74. The van der Waals surface area contributed by atoms with E-state index in [0.29, 0.717) is 31.1 Å². The summed E-state index contributed by atoms with van der Waals surface area (Å²) in [5.74, 6) is 1.37. The Morgan fingerprint density at radius 3 is 2.91 bits per heavy atom. The Morgan fingerprint density at radius 1 is 1.27 bits per heavy atom. The summed E-state index contributed by atoms with van der Waals surface area (Å²) in [4.78, 5) is 26.5. The maximum atomic E-state index is 12.6. The first kappa shape index (κ1) is 13.4. The number of aromatic nitrogens is 1. The van der Waals surface area contributed by atoms with E-state index in [1.54, 1.807) is 12.1 Å². The summed E-state index contributed by atoms with van der Waals surface area (Å²) < 4.78 is 7.13. The zero-order valence-electron chi connectivity index (χ0n) is 12.5. The zero-order valence-corrected chi connectivity index (χ0v) is 12.5. The fraction of sp³-hybridized carbons (Fsp3) is 0.412. The van der Waals surface area contributed by atoms with Gasteiger partial charge in [-0.1, -0.05) is 6.07 Å². The van der Waals surface area contributed by atoms with Crippen LogP contribution in [-0.4, -0.2) is 28.5 Å². The Hall–Kier alpha value is -2.30. The number of carbonyl (C=O) groups excluding carboxylic acids is 1. The average Bonchev–Trinajstić information content (AvgIpc) is 2.94. The van der Waals surface area contributed by atoms with Crippen molar-refractivity contribution in [1.82, 2.24) is 9.47 Å². The number of rotatable bonds is 1. The van der Waals surface area contributed by atoms with Gasteiger partial charge in [-0.3, -0.25) is 9.59 Å². The first-order valence-electron chi connectivity index (χ1n) is 7.66. The van der Waals surface area contributed by atoms with Gasteiger partial charge in [0.05, 0.1) is 5.56 Å². The maximum Gasteiger partial charge on any atom is 0.257 e. The summed E-state index contributed by atoms with van der Waals surface area (Å²) in [7, 11) is 0. The normalized spacial score (nSPS) is 23.2. The highest BCUT2D eigenvalue weighted by molar-refractivity contribution is 5.94. The van der Waals surface area contributed by atoms with Gasteiger partial charge in [-0.25, -0.2) is 0 Å². The van der Waals surface area contributed by atoms with Gasteiger partial charge < -0.3 is 13.9 Å². The van der Waals surface area contributed by atoms with Crippen molar-refractivity contribution in [2.24, 2.45) is 5.92 Å². The lowest BCUT2D eigenvalue weighted by atomic mass is 9.83. The molecule has 2 atom stereocenters. The third-order valence-electron chi connectivity index (χ3n) is 4.74. The molecule has 5 nitrogen and oxygen atoms in total. The van der Waals surface area contributed by atoms with Gasteiger partial charge >= 0.3 is 0 Å². The van der Waals surface area contributed by atoms with Crippen molar-refractivity contribution in [3.05, 3.63) is 57.9 Å². The molecule has 22 heavy (non-hydrogen) atoms. The van der Waals surface area contributed by atoms with Crippen molar-refractivity contribution in [1.29, 1.82) is 0 Å². The molecule has 114 valence electrons. The second-order valence-corrected chi connectivity index (χ2v) is 6.35. The number of amides is 1. The highest BCUT2D eigenvalue weighted by atomic mass is 16.3. The number of furan rings is 1. The second kappa shape index (κ2) is 4.87. The maximum absolute atomic E-state index is 12.6. The largest absolute Gasteiger partial charge is 0.469 e. The molecule has 0 spiro atoms. The van der Waals surface area contributed by atoms with Crippen molar-refractivity contribution >= 4 is 5.91 Å². The number of hydrogen-bond acceptors (Lipinski definition) is 3. The standard InChI is InChI=1S/C17H18N2O3/c1-11-5-14(10-22-11)17(21)18-7-12-6-13(9-18)15-3-2-4-16(20)19(15)8-12/h2-5,10,12-13H,6-9H2,1H3/t12-,13+/m0/s1. The van der Waals surface area contributed by atoms with E-state index in [9.17, 15) is 9.59 Å². The van der Waals surface area contributed by atoms with Crippen LogP contribution in [0.25, 0.3) is 0 Å². The van der Waals surface area contributed by atoms with Crippen LogP contribution in [0.2, 0.25) is 0 Å². The van der Waals surface area contributed by atoms with Gasteiger partial charge in [0.25, 0.3) is 11.5 Å². The topological polar surface area (TPSA) is 55.5 Å². The molecule has 0 aromatic carbocycles. The van der Waals surface area contributed by atoms with Crippen LogP contribution in [0.1, 0.15) is 34.2 Å². The summed E-state index contributed by atoms with van der Waals surface area (Å²) in [5, 5.41) is 0. The number of carbonyl (C=O) groups is 1. The molecule has 0 radical (unpaired) electrons. The smallest absolute Gasteiger partial charge is 0.257 e. The Bertz CT molecular complexity index is 789. The minimum absolute atomic E-state index is 0.0262. The Morgan fingerprint density at radius 2 is 2.14 bits per heavy atom. The average molecular weight is 298 g/mol. The minimum atomic E-state index is 0.0262. The SMILES string of the molecule is Cc1cc(C(=O)N2C[C@@H]3C[C@H](C2)c2cccc(=O)n2C3)co1. The van der Waals surface area contributed by atoms with Crippen LogP contribution in [0.3, 0.4) is 0 Å². The van der Waals surface area contributed by atoms with Crippen molar-refractivity contribution < 1.29 is 9.21 Å². The first-order chi connectivity index (χ1) is 10.6. The molecule has 0 unspecified atom stereocenters. The van der Waals surface area contributed by atoms with E-state index in [-0.39, 0.29) is 17.4 Å². The van der Waals surface area contributed by atoms with E-state index in [1.165, 1.54) is 6.26 Å². The van der Waals surface area contributed by atoms with Crippen molar-refractivity contribution in [3.63, 3.8) is 0 Å². The number of pyridine rings is 1. The summed E-state index contributed by atoms with van der Waals surface area (Å²) in [6.07, 6.45) is 2.58. The third kappa shape index (κ3) is 2.08. The molecule has 0 N–H and O–H groups in total. The predicted octanol–water partition coefficient (Wildman–Crippen LogP) is 2.01. The number of piperidine rings is 1. The molecule has 1 amide bonds. The van der Waals surface area contributed by atoms with Crippen LogP contribution in [0.15, 0.2) is 39.7 Å². The minimum Gasteiger partial charge on any atom is -0.469 e. The van der Waals surface area contributed by atoms with Crippen LogP contribution in [-0.2, 0) is 6.54 Å². The zero-order chi connectivity index (χ0) is 15.3. The van der Waals surface area contributed by atoms with Crippen LogP contribution < -0.4 is 5.56 Å². The summed E-state index contributed by atoms with van der Waals surface area (Å²) >= 11 is 0. The summed E-state index contributed by atoms with van der Waals surface area (Å²) in [6, 6.07) is 7.22. The predicted molar refractivity (Wildman–Crippen MR) is 80.9 cm³/mol. The van der Waals surface area contributed by atoms with E-state index in [1.807, 2.05) is 28.5 Å². The number of aryl methyl sites for hydroxylation is 1. The quantitative estimate of drug-likeness (QED) is 0.809. The Labute approximate surface area is 128 Å². The molecule has 1 saturated heterocycles. The molecule has 0 aliphatic carbocycles. The molecule has 1 fully saturated rings. The molecular formula is C17H18N2O3. The molecule has 2 aliphatic rings. The Kier molecular flexibility index (Phi) is 2.96. The Balaban J connectivity index is 1.64.